The summed E-state index contributed by atoms with van der Waals surface area (Å²) in [6, 6.07) is 17.4. The molecule has 0 fully saturated rings. The smallest absolute Gasteiger partial charge is 0.271 e. The van der Waals surface area contributed by atoms with Gasteiger partial charge in [0.1, 0.15) is 22.2 Å². The zero-order valence-electron chi connectivity index (χ0n) is 23.2. The van der Waals surface area contributed by atoms with Crippen molar-refractivity contribution >= 4 is 17.2 Å². The molecule has 10 heteroatoms. The van der Waals surface area contributed by atoms with Gasteiger partial charge >= 0.3 is 0 Å². The molecule has 0 aliphatic rings. The summed E-state index contributed by atoms with van der Waals surface area (Å²) in [5, 5.41) is 5.54. The second kappa shape index (κ2) is 14.3. The fraction of sp³-hybridized carbons (Fsp3) is 0.300. The van der Waals surface area contributed by atoms with E-state index in [1.54, 1.807) is 40.0 Å². The predicted octanol–water partition coefficient (Wildman–Crippen LogP) is 4.75. The van der Waals surface area contributed by atoms with Gasteiger partial charge in [-0.05, 0) is 42.3 Å². The molecule has 2 aromatic carbocycles. The Morgan fingerprint density at radius 2 is 1.73 bits per heavy atom. The minimum atomic E-state index is -0.221. The van der Waals surface area contributed by atoms with E-state index in [1.807, 2.05) is 54.6 Å². The lowest BCUT2D eigenvalue weighted by molar-refractivity contribution is 0.0945. The van der Waals surface area contributed by atoms with E-state index in [2.05, 4.69) is 20.2 Å². The molecule has 0 radical (unpaired) electrons. The molecular formula is C30H34N4O5S. The molecule has 0 atom stereocenters. The Morgan fingerprint density at radius 1 is 0.900 bits per heavy atom. The molecule has 0 aliphatic carbocycles. The number of rotatable bonds is 14. The van der Waals surface area contributed by atoms with Gasteiger partial charge in [0, 0.05) is 36.3 Å². The van der Waals surface area contributed by atoms with Crippen LogP contribution in [-0.2, 0) is 26.1 Å². The van der Waals surface area contributed by atoms with Crippen LogP contribution in [0, 0.1) is 0 Å². The molecule has 0 unspecified atom stereocenters. The van der Waals surface area contributed by atoms with Crippen LogP contribution in [0.2, 0.25) is 0 Å². The summed E-state index contributed by atoms with van der Waals surface area (Å²) in [6.07, 6.45) is 2.48. The highest BCUT2D eigenvalue weighted by molar-refractivity contribution is 7.09. The van der Waals surface area contributed by atoms with E-state index in [9.17, 15) is 4.79 Å². The van der Waals surface area contributed by atoms with Crippen molar-refractivity contribution in [2.24, 2.45) is 0 Å². The van der Waals surface area contributed by atoms with Gasteiger partial charge in [0.05, 0.1) is 47.2 Å². The highest BCUT2D eigenvalue weighted by Gasteiger charge is 2.17. The maximum atomic E-state index is 12.7. The normalized spacial score (nSPS) is 10.8. The maximum Gasteiger partial charge on any atom is 0.271 e. The fourth-order valence-corrected chi connectivity index (χ4v) is 5.02. The quantitative estimate of drug-likeness (QED) is 0.235. The number of benzene rings is 2. The second-order valence-electron chi connectivity index (χ2n) is 8.96. The Bertz CT molecular complexity index is 1400. The summed E-state index contributed by atoms with van der Waals surface area (Å²) in [6.45, 7) is 2.29. The molecule has 0 bridgehead atoms. The first-order valence-corrected chi connectivity index (χ1v) is 13.7. The first-order chi connectivity index (χ1) is 19.5. The highest BCUT2D eigenvalue weighted by Crippen LogP contribution is 2.29. The number of nitrogens with zero attached hydrogens (tertiary/aromatic N) is 3. The Labute approximate surface area is 238 Å². The molecule has 0 spiro atoms. The largest absolute Gasteiger partial charge is 0.497 e. The van der Waals surface area contributed by atoms with Crippen LogP contribution in [0.25, 0.3) is 0 Å². The van der Waals surface area contributed by atoms with E-state index in [0.29, 0.717) is 36.8 Å². The van der Waals surface area contributed by atoms with Crippen LogP contribution in [0.3, 0.4) is 0 Å². The third-order valence-corrected chi connectivity index (χ3v) is 7.19. The minimum absolute atomic E-state index is 0.221. The van der Waals surface area contributed by atoms with Crippen LogP contribution in [0.15, 0.2) is 66.2 Å². The van der Waals surface area contributed by atoms with Crippen molar-refractivity contribution in [1.29, 1.82) is 0 Å². The van der Waals surface area contributed by atoms with Crippen molar-refractivity contribution in [3.05, 3.63) is 93.7 Å². The van der Waals surface area contributed by atoms with Gasteiger partial charge in [0.15, 0.2) is 11.5 Å². The maximum absolute atomic E-state index is 12.7. The number of carbonyl (C=O) groups excluding carboxylic acids is 1. The van der Waals surface area contributed by atoms with Crippen molar-refractivity contribution in [2.45, 2.75) is 26.1 Å². The Hall–Kier alpha value is -4.15. The average molecular weight is 563 g/mol. The van der Waals surface area contributed by atoms with Gasteiger partial charge in [-0.15, -0.1) is 11.3 Å². The number of aromatic nitrogens is 2. The fourth-order valence-electron chi connectivity index (χ4n) is 4.20. The lowest BCUT2D eigenvalue weighted by atomic mass is 10.1. The number of hydrogen-bond acceptors (Lipinski definition) is 9. The third-order valence-electron chi connectivity index (χ3n) is 6.35. The number of carbonyl (C=O) groups is 1. The van der Waals surface area contributed by atoms with Crippen molar-refractivity contribution in [3.8, 4) is 23.0 Å². The van der Waals surface area contributed by atoms with Crippen LogP contribution in [0.4, 0.5) is 0 Å². The number of hydrogen-bond donors (Lipinski definition) is 1. The number of nitrogens with one attached hydrogen (secondary N) is 1. The van der Waals surface area contributed by atoms with Gasteiger partial charge in [-0.3, -0.25) is 14.7 Å². The van der Waals surface area contributed by atoms with E-state index < -0.39 is 0 Å². The molecule has 4 rings (SSSR count). The monoisotopic (exact) mass is 562 g/mol. The minimum Gasteiger partial charge on any atom is -0.497 e. The van der Waals surface area contributed by atoms with E-state index in [0.717, 1.165) is 46.3 Å². The SMILES string of the molecule is COc1ccc(CN(CCc2ccc(OC)c(OC)c2)Cc2nc(C(=O)NCc3ccccn3)cs2)c(OC)c1. The standard InChI is InChI=1S/C30H34N4O5S/c1-36-24-10-9-22(27(16-24)38-3)18-34(14-12-21-8-11-26(37-2)28(15-21)39-4)19-29-33-25(20-40-29)30(35)32-17-23-7-5-6-13-31-23/h5-11,13,15-16,20H,12,14,17-19H2,1-4H3,(H,32,35). The molecule has 0 aliphatic heterocycles. The molecule has 9 nitrogen and oxygen atoms in total. The Morgan fingerprint density at radius 3 is 2.45 bits per heavy atom. The second-order valence-corrected chi connectivity index (χ2v) is 9.90. The van der Waals surface area contributed by atoms with Crippen molar-refractivity contribution in [3.63, 3.8) is 0 Å². The summed E-state index contributed by atoms with van der Waals surface area (Å²) in [5.74, 6) is 2.66. The summed E-state index contributed by atoms with van der Waals surface area (Å²) >= 11 is 1.47. The van der Waals surface area contributed by atoms with Gasteiger partial charge in [-0.25, -0.2) is 4.98 Å². The van der Waals surface area contributed by atoms with Gasteiger partial charge in [-0.2, -0.15) is 0 Å². The van der Waals surface area contributed by atoms with Crippen LogP contribution in [0.5, 0.6) is 23.0 Å². The molecule has 1 N–H and O–H groups in total. The topological polar surface area (TPSA) is 95.0 Å². The van der Waals surface area contributed by atoms with E-state index in [-0.39, 0.29) is 5.91 Å². The van der Waals surface area contributed by atoms with Crippen LogP contribution in [-0.4, -0.2) is 55.8 Å². The number of methoxy groups -OCH3 is 4. The summed E-state index contributed by atoms with van der Waals surface area (Å²) in [4.78, 5) is 23.9. The van der Waals surface area contributed by atoms with Gasteiger partial charge in [0.25, 0.3) is 5.91 Å². The van der Waals surface area contributed by atoms with E-state index >= 15 is 0 Å². The number of thiazole rings is 1. The summed E-state index contributed by atoms with van der Waals surface area (Å²) in [5.41, 5.74) is 3.34. The number of pyridine rings is 1. The van der Waals surface area contributed by atoms with Crippen LogP contribution in [0.1, 0.15) is 32.3 Å². The zero-order chi connectivity index (χ0) is 28.3. The Kier molecular flexibility index (Phi) is 10.3. The first-order valence-electron chi connectivity index (χ1n) is 12.8. The Balaban J connectivity index is 1.48. The predicted molar refractivity (Wildman–Crippen MR) is 154 cm³/mol. The number of ether oxygens (including phenoxy) is 4. The molecular weight excluding hydrogens is 528 g/mol. The van der Waals surface area contributed by atoms with Crippen molar-refractivity contribution < 1.29 is 23.7 Å². The lowest BCUT2D eigenvalue weighted by Gasteiger charge is -2.23. The van der Waals surface area contributed by atoms with E-state index in [1.165, 1.54) is 11.3 Å². The molecule has 210 valence electrons. The molecule has 40 heavy (non-hydrogen) atoms. The summed E-state index contributed by atoms with van der Waals surface area (Å²) < 4.78 is 21.9. The van der Waals surface area contributed by atoms with Crippen molar-refractivity contribution in [1.82, 2.24) is 20.2 Å². The highest BCUT2D eigenvalue weighted by atomic mass is 32.1. The van der Waals surface area contributed by atoms with Crippen LogP contribution < -0.4 is 24.3 Å². The molecule has 4 aromatic rings. The number of amides is 1. The molecule has 0 saturated carbocycles. The lowest BCUT2D eigenvalue weighted by Crippen LogP contribution is -2.26. The third kappa shape index (κ3) is 7.71. The summed E-state index contributed by atoms with van der Waals surface area (Å²) in [7, 11) is 6.55. The molecule has 0 saturated heterocycles. The molecule has 1 amide bonds. The molecule has 2 aromatic heterocycles. The van der Waals surface area contributed by atoms with E-state index in [4.69, 9.17) is 18.9 Å². The molecule has 2 heterocycles. The van der Waals surface area contributed by atoms with Crippen LogP contribution >= 0.6 is 11.3 Å². The zero-order valence-corrected chi connectivity index (χ0v) is 24.0. The average Bonchev–Trinajstić information content (AvgIpc) is 3.47. The van der Waals surface area contributed by atoms with Gasteiger partial charge in [-0.1, -0.05) is 18.2 Å². The van der Waals surface area contributed by atoms with Gasteiger partial charge in [0.2, 0.25) is 0 Å². The first kappa shape index (κ1) is 28.8. The van der Waals surface area contributed by atoms with Crippen molar-refractivity contribution in [2.75, 3.05) is 35.0 Å². The van der Waals surface area contributed by atoms with Gasteiger partial charge < -0.3 is 24.3 Å².